The summed E-state index contributed by atoms with van der Waals surface area (Å²) < 4.78 is 5.35. The lowest BCUT2D eigenvalue weighted by molar-refractivity contribution is 0.209. The van der Waals surface area contributed by atoms with Crippen LogP contribution >= 0.6 is 0 Å². The highest BCUT2D eigenvalue weighted by atomic mass is 16.5. The van der Waals surface area contributed by atoms with Crippen molar-refractivity contribution in [1.29, 1.82) is 0 Å². The molecule has 1 aromatic rings. The molecular formula is C15H25N3O. The minimum absolute atomic E-state index is 0.551. The topological polar surface area (TPSA) is 36.5 Å². The SMILES string of the molecule is COc1ccc(NCC2CNCCN2C)c(C)c1C. The first-order chi connectivity index (χ1) is 9.13. The van der Waals surface area contributed by atoms with Crippen LogP contribution in [-0.4, -0.2) is 51.3 Å². The fourth-order valence-corrected chi connectivity index (χ4v) is 2.53. The number of hydrogen-bond donors (Lipinski definition) is 2. The van der Waals surface area contributed by atoms with Gasteiger partial charge in [-0.15, -0.1) is 0 Å². The van der Waals surface area contributed by atoms with Crippen molar-refractivity contribution in [3.8, 4) is 5.75 Å². The van der Waals surface area contributed by atoms with Gasteiger partial charge >= 0.3 is 0 Å². The lowest BCUT2D eigenvalue weighted by Gasteiger charge is -2.33. The Morgan fingerprint density at radius 3 is 2.84 bits per heavy atom. The summed E-state index contributed by atoms with van der Waals surface area (Å²) >= 11 is 0. The lowest BCUT2D eigenvalue weighted by Crippen LogP contribution is -2.52. The molecule has 1 unspecified atom stereocenters. The Kier molecular flexibility index (Phi) is 4.66. The van der Waals surface area contributed by atoms with Crippen LogP contribution in [0.5, 0.6) is 5.75 Å². The van der Waals surface area contributed by atoms with Crippen LogP contribution < -0.4 is 15.4 Å². The molecule has 4 heteroatoms. The van der Waals surface area contributed by atoms with Gasteiger partial charge in [-0.25, -0.2) is 0 Å². The first-order valence-corrected chi connectivity index (χ1v) is 6.92. The van der Waals surface area contributed by atoms with Gasteiger partial charge in [-0.1, -0.05) is 0 Å². The monoisotopic (exact) mass is 263 g/mol. The fourth-order valence-electron chi connectivity index (χ4n) is 2.53. The maximum absolute atomic E-state index is 5.35. The largest absolute Gasteiger partial charge is 0.496 e. The van der Waals surface area contributed by atoms with Crippen LogP contribution in [0.4, 0.5) is 5.69 Å². The van der Waals surface area contributed by atoms with E-state index in [2.05, 4.69) is 42.5 Å². The van der Waals surface area contributed by atoms with E-state index in [-0.39, 0.29) is 0 Å². The first kappa shape index (κ1) is 14.2. The lowest BCUT2D eigenvalue weighted by atomic mass is 10.1. The highest BCUT2D eigenvalue weighted by Gasteiger charge is 2.18. The van der Waals surface area contributed by atoms with Crippen LogP contribution in [0.25, 0.3) is 0 Å². The van der Waals surface area contributed by atoms with E-state index in [9.17, 15) is 0 Å². The molecule has 2 N–H and O–H groups in total. The number of hydrogen-bond acceptors (Lipinski definition) is 4. The number of piperazine rings is 1. The molecule has 0 radical (unpaired) electrons. The third-order valence-electron chi connectivity index (χ3n) is 4.13. The van der Waals surface area contributed by atoms with E-state index in [0.29, 0.717) is 6.04 Å². The van der Waals surface area contributed by atoms with Gasteiger partial charge in [-0.05, 0) is 44.2 Å². The quantitative estimate of drug-likeness (QED) is 0.865. The van der Waals surface area contributed by atoms with E-state index < -0.39 is 0 Å². The molecule has 4 nitrogen and oxygen atoms in total. The minimum atomic E-state index is 0.551. The molecule has 106 valence electrons. The normalized spacial score (nSPS) is 20.3. The molecule has 1 aliphatic heterocycles. The van der Waals surface area contributed by atoms with E-state index in [1.165, 1.54) is 16.8 Å². The summed E-state index contributed by atoms with van der Waals surface area (Å²) in [5, 5.41) is 7.01. The zero-order valence-electron chi connectivity index (χ0n) is 12.4. The Hall–Kier alpha value is -1.26. The van der Waals surface area contributed by atoms with Gasteiger partial charge in [0.2, 0.25) is 0 Å². The molecule has 0 bridgehead atoms. The van der Waals surface area contributed by atoms with Crippen LogP contribution in [0.15, 0.2) is 12.1 Å². The third-order valence-corrected chi connectivity index (χ3v) is 4.13. The average Bonchev–Trinajstić information content (AvgIpc) is 2.42. The molecule has 1 atom stereocenters. The van der Waals surface area contributed by atoms with Crippen LogP contribution in [0, 0.1) is 13.8 Å². The van der Waals surface area contributed by atoms with Crippen molar-refractivity contribution in [2.24, 2.45) is 0 Å². The Balaban J connectivity index is 2.01. The van der Waals surface area contributed by atoms with Crippen molar-refractivity contribution < 1.29 is 4.74 Å². The van der Waals surface area contributed by atoms with Crippen molar-refractivity contribution in [2.75, 3.05) is 45.7 Å². The van der Waals surface area contributed by atoms with E-state index in [1.807, 2.05) is 6.07 Å². The number of likely N-dealkylation sites (N-methyl/N-ethyl adjacent to an activating group) is 1. The van der Waals surface area contributed by atoms with Gasteiger partial charge in [0, 0.05) is 37.9 Å². The predicted octanol–water partition coefficient (Wildman–Crippen LogP) is 1.63. The molecule has 0 spiro atoms. The molecular weight excluding hydrogens is 238 g/mol. The maximum Gasteiger partial charge on any atom is 0.122 e. The number of ether oxygens (including phenoxy) is 1. The second-order valence-electron chi connectivity index (χ2n) is 5.28. The van der Waals surface area contributed by atoms with Gasteiger partial charge in [0.1, 0.15) is 5.75 Å². The summed E-state index contributed by atoms with van der Waals surface area (Å²) in [5.74, 6) is 0.958. The number of benzene rings is 1. The van der Waals surface area contributed by atoms with Crippen molar-refractivity contribution >= 4 is 5.69 Å². The summed E-state index contributed by atoms with van der Waals surface area (Å²) in [4.78, 5) is 2.41. The molecule has 1 aliphatic rings. The fraction of sp³-hybridized carbons (Fsp3) is 0.600. The molecule has 19 heavy (non-hydrogen) atoms. The van der Waals surface area contributed by atoms with Crippen LogP contribution in [-0.2, 0) is 0 Å². The zero-order valence-corrected chi connectivity index (χ0v) is 12.4. The minimum Gasteiger partial charge on any atom is -0.496 e. The van der Waals surface area contributed by atoms with Gasteiger partial charge in [-0.3, -0.25) is 4.90 Å². The van der Waals surface area contributed by atoms with Gasteiger partial charge < -0.3 is 15.4 Å². The number of nitrogens with one attached hydrogen (secondary N) is 2. The maximum atomic E-state index is 5.35. The second kappa shape index (κ2) is 6.26. The van der Waals surface area contributed by atoms with Crippen LogP contribution in [0.2, 0.25) is 0 Å². The average molecular weight is 263 g/mol. The molecule has 2 rings (SSSR count). The van der Waals surface area contributed by atoms with Crippen LogP contribution in [0.1, 0.15) is 11.1 Å². The molecule has 0 aromatic heterocycles. The highest BCUT2D eigenvalue weighted by Crippen LogP contribution is 2.27. The Bertz CT molecular complexity index is 434. The predicted molar refractivity (Wildman–Crippen MR) is 80.2 cm³/mol. The van der Waals surface area contributed by atoms with Gasteiger partial charge in [0.25, 0.3) is 0 Å². The standard InChI is InChI=1S/C15H25N3O/c1-11-12(2)15(19-4)6-5-14(11)17-10-13-9-16-7-8-18(13)3/h5-6,13,16-17H,7-10H2,1-4H3. The van der Waals surface area contributed by atoms with Gasteiger partial charge in [0.05, 0.1) is 7.11 Å². The van der Waals surface area contributed by atoms with Crippen molar-refractivity contribution in [2.45, 2.75) is 19.9 Å². The molecule has 1 aromatic carbocycles. The first-order valence-electron chi connectivity index (χ1n) is 6.92. The Morgan fingerprint density at radius 2 is 2.16 bits per heavy atom. The zero-order chi connectivity index (χ0) is 13.8. The van der Waals surface area contributed by atoms with Crippen molar-refractivity contribution in [3.05, 3.63) is 23.3 Å². The number of rotatable bonds is 4. The number of anilines is 1. The number of methoxy groups -OCH3 is 1. The van der Waals surface area contributed by atoms with Gasteiger partial charge in [-0.2, -0.15) is 0 Å². The Labute approximate surface area is 116 Å². The van der Waals surface area contributed by atoms with Crippen LogP contribution in [0.3, 0.4) is 0 Å². The van der Waals surface area contributed by atoms with E-state index in [0.717, 1.165) is 31.9 Å². The summed E-state index contributed by atoms with van der Waals surface area (Å²) in [6.07, 6.45) is 0. The smallest absolute Gasteiger partial charge is 0.122 e. The summed E-state index contributed by atoms with van der Waals surface area (Å²) in [6.45, 7) is 8.48. The van der Waals surface area contributed by atoms with E-state index in [4.69, 9.17) is 4.74 Å². The summed E-state index contributed by atoms with van der Waals surface area (Å²) in [6, 6.07) is 4.70. The van der Waals surface area contributed by atoms with E-state index in [1.54, 1.807) is 7.11 Å². The van der Waals surface area contributed by atoms with E-state index >= 15 is 0 Å². The van der Waals surface area contributed by atoms with Crippen molar-refractivity contribution in [3.63, 3.8) is 0 Å². The number of nitrogens with zero attached hydrogens (tertiary/aromatic N) is 1. The molecule has 0 aliphatic carbocycles. The molecule has 1 saturated heterocycles. The van der Waals surface area contributed by atoms with Gasteiger partial charge in [0.15, 0.2) is 0 Å². The highest BCUT2D eigenvalue weighted by molar-refractivity contribution is 5.58. The van der Waals surface area contributed by atoms with Crippen molar-refractivity contribution in [1.82, 2.24) is 10.2 Å². The Morgan fingerprint density at radius 1 is 1.37 bits per heavy atom. The summed E-state index contributed by atoms with van der Waals surface area (Å²) in [5.41, 5.74) is 3.69. The molecule has 0 amide bonds. The summed E-state index contributed by atoms with van der Waals surface area (Å²) in [7, 11) is 3.91. The molecule has 1 fully saturated rings. The second-order valence-corrected chi connectivity index (χ2v) is 5.28. The molecule has 1 heterocycles. The third kappa shape index (κ3) is 3.19. The molecule has 0 saturated carbocycles.